The Hall–Kier alpha value is -1.66. The fourth-order valence-electron chi connectivity index (χ4n) is 2.32. The third kappa shape index (κ3) is 3.92. The fourth-order valence-corrected chi connectivity index (χ4v) is 3.58. The Morgan fingerprint density at radius 2 is 1.86 bits per heavy atom. The first-order valence-corrected chi connectivity index (χ1v) is 10.4. The summed E-state index contributed by atoms with van der Waals surface area (Å²) in [6.45, 7) is 8.03. The number of carbonyl (C=O) groups is 2. The highest BCUT2D eigenvalue weighted by Gasteiger charge is 2.47. The van der Waals surface area contributed by atoms with Gasteiger partial charge < -0.3 is 14.5 Å². The van der Waals surface area contributed by atoms with Crippen molar-refractivity contribution >= 4 is 20.2 Å². The maximum atomic E-state index is 12.0. The molecule has 1 saturated heterocycles. The van der Waals surface area contributed by atoms with Crippen molar-refractivity contribution in [2.45, 2.75) is 38.9 Å². The zero-order chi connectivity index (χ0) is 15.6. The average Bonchev–Trinajstić information content (AvgIpc) is 2.36. The van der Waals surface area contributed by atoms with Gasteiger partial charge in [-0.1, -0.05) is 18.2 Å². The van der Waals surface area contributed by atoms with Gasteiger partial charge in [0.2, 0.25) is 5.91 Å². The summed E-state index contributed by atoms with van der Waals surface area (Å²) in [7, 11) is -1.75. The summed E-state index contributed by atoms with van der Waals surface area (Å²) in [5.74, 6) is -1.01. The predicted octanol–water partition coefficient (Wildman–Crippen LogP) is 2.16. The molecule has 1 fully saturated rings. The summed E-state index contributed by atoms with van der Waals surface area (Å²) in [6, 6.07) is 8.73. The van der Waals surface area contributed by atoms with Gasteiger partial charge in [0.1, 0.15) is 5.92 Å². The average molecular weight is 307 g/mol. The number of esters is 1. The zero-order valence-electron chi connectivity index (χ0n) is 12.8. The lowest BCUT2D eigenvalue weighted by atomic mass is 9.93. The van der Waals surface area contributed by atoms with Gasteiger partial charge in [0, 0.05) is 0 Å². The zero-order valence-corrected chi connectivity index (χ0v) is 13.8. The Kier molecular flexibility index (Phi) is 4.48. The first kappa shape index (κ1) is 15.7. The molecule has 0 aromatic heterocycles. The van der Waals surface area contributed by atoms with E-state index in [4.69, 9.17) is 9.16 Å². The van der Waals surface area contributed by atoms with Gasteiger partial charge in [0.15, 0.2) is 14.5 Å². The Morgan fingerprint density at radius 3 is 2.38 bits per heavy atom. The molecule has 0 unspecified atom stereocenters. The first-order valence-electron chi connectivity index (χ1n) is 7.02. The quantitative estimate of drug-likeness (QED) is 0.514. The van der Waals surface area contributed by atoms with E-state index in [0.717, 1.165) is 0 Å². The van der Waals surface area contributed by atoms with E-state index in [1.54, 1.807) is 24.3 Å². The first-order chi connectivity index (χ1) is 9.78. The summed E-state index contributed by atoms with van der Waals surface area (Å²) >= 11 is 0. The van der Waals surface area contributed by atoms with Crippen LogP contribution in [0.2, 0.25) is 19.6 Å². The molecular weight excluding hydrogens is 286 g/mol. The molecule has 0 aliphatic carbocycles. The van der Waals surface area contributed by atoms with Crippen LogP contribution in [-0.2, 0) is 14.0 Å². The topological polar surface area (TPSA) is 64.6 Å². The van der Waals surface area contributed by atoms with E-state index < -0.39 is 26.4 Å². The molecule has 0 spiro atoms. The van der Waals surface area contributed by atoms with Gasteiger partial charge in [-0.2, -0.15) is 0 Å². The molecule has 1 aromatic carbocycles. The van der Waals surface area contributed by atoms with Crippen LogP contribution in [0.3, 0.4) is 0 Å². The highest BCUT2D eigenvalue weighted by Crippen LogP contribution is 2.25. The molecule has 114 valence electrons. The number of amides is 1. The molecule has 1 heterocycles. The van der Waals surface area contributed by atoms with Crippen LogP contribution in [0.25, 0.3) is 0 Å². The molecule has 1 aliphatic rings. The molecule has 2 rings (SSSR count). The van der Waals surface area contributed by atoms with Crippen LogP contribution in [0, 0.1) is 5.92 Å². The number of β-lactam (4-membered cyclic amide) rings is 1. The van der Waals surface area contributed by atoms with Crippen molar-refractivity contribution in [1.82, 2.24) is 5.32 Å². The fraction of sp³-hybridized carbons (Fsp3) is 0.467. The summed E-state index contributed by atoms with van der Waals surface area (Å²) in [6.07, 6.45) is -0.879. The summed E-state index contributed by atoms with van der Waals surface area (Å²) in [4.78, 5) is 23.7. The van der Waals surface area contributed by atoms with Crippen molar-refractivity contribution in [2.75, 3.05) is 0 Å². The highest BCUT2D eigenvalue weighted by atomic mass is 28.4. The maximum Gasteiger partial charge on any atom is 0.340 e. The van der Waals surface area contributed by atoms with E-state index in [1.807, 2.05) is 13.0 Å². The second-order valence-electron chi connectivity index (χ2n) is 6.16. The number of benzene rings is 1. The Bertz CT molecular complexity index is 526. The van der Waals surface area contributed by atoms with Gasteiger partial charge in [0.05, 0.1) is 11.7 Å². The molecular formula is C15H21NO4Si. The van der Waals surface area contributed by atoms with Crippen LogP contribution in [0.5, 0.6) is 0 Å². The second-order valence-corrected chi connectivity index (χ2v) is 10.6. The van der Waals surface area contributed by atoms with Gasteiger partial charge in [-0.15, -0.1) is 0 Å². The minimum Gasteiger partial charge on any atom is -0.437 e. The Balaban J connectivity index is 1.98. The highest BCUT2D eigenvalue weighted by molar-refractivity contribution is 6.69. The molecule has 5 nitrogen and oxygen atoms in total. The van der Waals surface area contributed by atoms with Gasteiger partial charge in [-0.25, -0.2) is 4.79 Å². The lowest BCUT2D eigenvalue weighted by Crippen LogP contribution is -2.64. The number of hydrogen-bond donors (Lipinski definition) is 1. The largest absolute Gasteiger partial charge is 0.437 e. The van der Waals surface area contributed by atoms with Crippen LogP contribution in [0.4, 0.5) is 0 Å². The lowest BCUT2D eigenvalue weighted by Gasteiger charge is -2.40. The molecule has 6 heteroatoms. The van der Waals surface area contributed by atoms with Gasteiger partial charge >= 0.3 is 5.97 Å². The van der Waals surface area contributed by atoms with E-state index in [1.165, 1.54) is 0 Å². The maximum absolute atomic E-state index is 12.0. The molecule has 1 N–H and O–H groups in total. The molecule has 1 amide bonds. The number of rotatable bonds is 5. The number of ether oxygens (including phenoxy) is 1. The van der Waals surface area contributed by atoms with Crippen molar-refractivity contribution < 1.29 is 18.8 Å². The van der Waals surface area contributed by atoms with Gasteiger partial charge in [-0.3, -0.25) is 4.79 Å². The van der Waals surface area contributed by atoms with Crippen molar-refractivity contribution in [1.29, 1.82) is 0 Å². The van der Waals surface area contributed by atoms with Crippen LogP contribution in [0.1, 0.15) is 17.3 Å². The van der Waals surface area contributed by atoms with Crippen molar-refractivity contribution in [3.63, 3.8) is 0 Å². The van der Waals surface area contributed by atoms with Gasteiger partial charge in [0.25, 0.3) is 0 Å². The van der Waals surface area contributed by atoms with E-state index >= 15 is 0 Å². The van der Waals surface area contributed by atoms with E-state index in [2.05, 4.69) is 25.0 Å². The third-order valence-electron chi connectivity index (χ3n) is 3.20. The number of nitrogens with one attached hydrogen (secondary N) is 1. The molecule has 1 aromatic rings. The van der Waals surface area contributed by atoms with Crippen LogP contribution in [-0.4, -0.2) is 32.5 Å². The van der Waals surface area contributed by atoms with Crippen LogP contribution >= 0.6 is 0 Å². The van der Waals surface area contributed by atoms with Crippen molar-refractivity contribution in [3.05, 3.63) is 35.9 Å². The third-order valence-corrected chi connectivity index (χ3v) is 4.28. The molecule has 1 aliphatic heterocycles. The summed E-state index contributed by atoms with van der Waals surface area (Å²) < 4.78 is 11.3. The Labute approximate surface area is 125 Å². The van der Waals surface area contributed by atoms with E-state index in [9.17, 15) is 9.59 Å². The van der Waals surface area contributed by atoms with Crippen molar-refractivity contribution in [2.24, 2.45) is 5.92 Å². The smallest absolute Gasteiger partial charge is 0.340 e. The molecule has 0 radical (unpaired) electrons. The van der Waals surface area contributed by atoms with E-state index in [-0.39, 0.29) is 12.0 Å². The second kappa shape index (κ2) is 5.99. The minimum absolute atomic E-state index is 0.133. The van der Waals surface area contributed by atoms with Crippen LogP contribution < -0.4 is 5.32 Å². The normalized spacial score (nSPS) is 23.0. The van der Waals surface area contributed by atoms with Gasteiger partial charge in [-0.05, 0) is 38.7 Å². The molecule has 3 atom stereocenters. The van der Waals surface area contributed by atoms with Crippen LogP contribution in [0.15, 0.2) is 30.3 Å². The standard InChI is InChI=1S/C15H21NO4Si/c1-10(20-21(2,3)4)12-13(17)16-14(12)19-15(18)11-8-6-5-7-9-11/h5-10,12,14H,1-4H3,(H,16,17)/t10-,12-,14-/m1/s1. The summed E-state index contributed by atoms with van der Waals surface area (Å²) in [5.41, 5.74) is 0.469. The molecule has 0 saturated carbocycles. The number of hydrogen-bond acceptors (Lipinski definition) is 4. The minimum atomic E-state index is -1.75. The predicted molar refractivity (Wildman–Crippen MR) is 81.2 cm³/mol. The SMILES string of the molecule is C[C@@H](O[Si](C)(C)C)[C@@H]1C(=O)N[C@@H]1OC(=O)c1ccccc1. The van der Waals surface area contributed by atoms with E-state index in [0.29, 0.717) is 5.56 Å². The molecule has 21 heavy (non-hydrogen) atoms. The molecule has 0 bridgehead atoms. The lowest BCUT2D eigenvalue weighted by molar-refractivity contribution is -0.154. The monoisotopic (exact) mass is 307 g/mol. The number of carbonyl (C=O) groups excluding carboxylic acids is 2. The Morgan fingerprint density at radius 1 is 1.24 bits per heavy atom. The summed E-state index contributed by atoms with van der Waals surface area (Å²) in [5, 5.41) is 2.61. The van der Waals surface area contributed by atoms with Crippen molar-refractivity contribution in [3.8, 4) is 0 Å².